The predicted octanol–water partition coefficient (Wildman–Crippen LogP) is 2.03. The average molecular weight is 548 g/mol. The van der Waals surface area contributed by atoms with Gasteiger partial charge in [-0.05, 0) is 48.3 Å². The van der Waals surface area contributed by atoms with Crippen molar-refractivity contribution in [1.82, 2.24) is 20.9 Å². The molecule has 3 amide bonds. The Morgan fingerprint density at radius 1 is 1.00 bits per heavy atom. The number of benzene rings is 1. The van der Waals surface area contributed by atoms with Crippen molar-refractivity contribution in [2.75, 3.05) is 12.0 Å². The van der Waals surface area contributed by atoms with Crippen LogP contribution in [0.2, 0.25) is 0 Å². The summed E-state index contributed by atoms with van der Waals surface area (Å²) in [6.07, 6.45) is 4.81. The number of rotatable bonds is 15. The van der Waals surface area contributed by atoms with Gasteiger partial charge in [-0.25, -0.2) is 4.79 Å². The zero-order valence-electron chi connectivity index (χ0n) is 22.7. The first-order valence-corrected chi connectivity index (χ1v) is 14.3. The van der Waals surface area contributed by atoms with Crippen LogP contribution in [-0.2, 0) is 25.6 Å². The number of aliphatic carboxylic acids is 1. The van der Waals surface area contributed by atoms with Gasteiger partial charge in [-0.3, -0.25) is 14.4 Å². The van der Waals surface area contributed by atoms with Gasteiger partial charge >= 0.3 is 5.97 Å². The summed E-state index contributed by atoms with van der Waals surface area (Å²) in [6, 6.07) is 3.90. The van der Waals surface area contributed by atoms with Gasteiger partial charge in [0.15, 0.2) is 0 Å². The van der Waals surface area contributed by atoms with E-state index in [4.69, 9.17) is 5.73 Å². The van der Waals surface area contributed by atoms with Crippen LogP contribution in [0.25, 0.3) is 10.9 Å². The number of nitrogens with one attached hydrogen (secondary N) is 4. The highest BCUT2D eigenvalue weighted by atomic mass is 32.2. The third-order valence-electron chi connectivity index (χ3n) is 6.72. The third kappa shape index (κ3) is 8.49. The molecule has 0 bridgehead atoms. The molecular formula is C27H41N5O5S. The highest BCUT2D eigenvalue weighted by Gasteiger charge is 2.33. The van der Waals surface area contributed by atoms with Crippen LogP contribution in [0.1, 0.15) is 46.1 Å². The summed E-state index contributed by atoms with van der Waals surface area (Å²) in [6.45, 7) is 7.26. The van der Waals surface area contributed by atoms with E-state index in [0.29, 0.717) is 12.2 Å². The Morgan fingerprint density at radius 3 is 2.24 bits per heavy atom. The second kappa shape index (κ2) is 14.8. The molecule has 2 aromatic rings. The van der Waals surface area contributed by atoms with Crippen LogP contribution in [0.3, 0.4) is 0 Å². The van der Waals surface area contributed by atoms with E-state index in [1.165, 1.54) is 11.8 Å². The number of carboxylic acid groups (broad SMARTS) is 1. The number of H-pyrrole nitrogens is 1. The molecule has 0 saturated carbocycles. The van der Waals surface area contributed by atoms with Gasteiger partial charge in [0.1, 0.15) is 18.1 Å². The van der Waals surface area contributed by atoms with Crippen LogP contribution in [0.15, 0.2) is 30.5 Å². The van der Waals surface area contributed by atoms with Gasteiger partial charge < -0.3 is 31.8 Å². The molecule has 0 aliphatic heterocycles. The quantitative estimate of drug-likeness (QED) is 0.198. The van der Waals surface area contributed by atoms with Gasteiger partial charge in [0.05, 0.1) is 6.04 Å². The Kier molecular flexibility index (Phi) is 12.1. The monoisotopic (exact) mass is 547 g/mol. The van der Waals surface area contributed by atoms with E-state index < -0.39 is 47.9 Å². The number of carboxylic acids is 1. The van der Waals surface area contributed by atoms with Gasteiger partial charge in [0.2, 0.25) is 17.7 Å². The minimum Gasteiger partial charge on any atom is -0.480 e. The minimum atomic E-state index is -1.13. The number of thioether (sulfide) groups is 1. The SMILES string of the molecule is CCC(C)C(NC(=O)C(NC(=O)C(N)Cc1c[nH]c2ccccc12)C(C)C)C(=O)NC(CCSC)C(=O)O. The zero-order valence-corrected chi connectivity index (χ0v) is 23.6. The predicted molar refractivity (Wildman–Crippen MR) is 151 cm³/mol. The lowest BCUT2D eigenvalue weighted by molar-refractivity contribution is -0.142. The van der Waals surface area contributed by atoms with E-state index in [1.54, 1.807) is 13.8 Å². The Hall–Kier alpha value is -3.05. The number of para-hydroxylation sites is 1. The number of amides is 3. The van der Waals surface area contributed by atoms with Crippen LogP contribution in [-0.4, -0.2) is 70.0 Å². The molecule has 0 spiro atoms. The van der Waals surface area contributed by atoms with Crippen molar-refractivity contribution in [3.63, 3.8) is 0 Å². The molecule has 2 rings (SSSR count). The number of fused-ring (bicyclic) bond motifs is 1. The van der Waals surface area contributed by atoms with Crippen LogP contribution in [0.5, 0.6) is 0 Å². The molecule has 5 atom stereocenters. The van der Waals surface area contributed by atoms with Crippen LogP contribution < -0.4 is 21.7 Å². The van der Waals surface area contributed by atoms with E-state index in [0.717, 1.165) is 16.5 Å². The molecule has 0 fully saturated rings. The van der Waals surface area contributed by atoms with Gasteiger partial charge in [0, 0.05) is 17.1 Å². The molecular weight excluding hydrogens is 506 g/mol. The molecule has 210 valence electrons. The van der Waals surface area contributed by atoms with E-state index >= 15 is 0 Å². The van der Waals surface area contributed by atoms with Crippen molar-refractivity contribution >= 4 is 46.4 Å². The number of hydrogen-bond acceptors (Lipinski definition) is 6. The topological polar surface area (TPSA) is 166 Å². The van der Waals surface area contributed by atoms with Crippen molar-refractivity contribution < 1.29 is 24.3 Å². The first-order chi connectivity index (χ1) is 18.0. The van der Waals surface area contributed by atoms with Crippen LogP contribution >= 0.6 is 11.8 Å². The number of carbonyl (C=O) groups is 4. The highest BCUT2D eigenvalue weighted by molar-refractivity contribution is 7.98. The fraction of sp³-hybridized carbons (Fsp3) is 0.556. The molecule has 0 radical (unpaired) electrons. The fourth-order valence-electron chi connectivity index (χ4n) is 4.12. The van der Waals surface area contributed by atoms with E-state index in [-0.39, 0.29) is 24.7 Å². The fourth-order valence-corrected chi connectivity index (χ4v) is 4.60. The summed E-state index contributed by atoms with van der Waals surface area (Å²) in [5, 5.41) is 18.5. The first kappa shape index (κ1) is 31.2. The van der Waals surface area contributed by atoms with Crippen molar-refractivity contribution in [2.24, 2.45) is 17.6 Å². The van der Waals surface area contributed by atoms with Gasteiger partial charge in [-0.15, -0.1) is 0 Å². The number of aromatic amines is 1. The second-order valence-corrected chi connectivity index (χ2v) is 10.9. The summed E-state index contributed by atoms with van der Waals surface area (Å²) < 4.78 is 0. The van der Waals surface area contributed by atoms with Crippen molar-refractivity contribution in [3.05, 3.63) is 36.0 Å². The molecule has 7 N–H and O–H groups in total. The molecule has 10 nitrogen and oxygen atoms in total. The molecule has 1 aromatic heterocycles. The average Bonchev–Trinajstić information content (AvgIpc) is 3.29. The lowest BCUT2D eigenvalue weighted by Crippen LogP contribution is -2.60. The van der Waals surface area contributed by atoms with E-state index in [2.05, 4.69) is 20.9 Å². The van der Waals surface area contributed by atoms with Gasteiger partial charge in [0.25, 0.3) is 0 Å². The molecule has 0 aliphatic rings. The molecule has 5 unspecified atom stereocenters. The lowest BCUT2D eigenvalue weighted by atomic mass is 9.96. The van der Waals surface area contributed by atoms with Gasteiger partial charge in [-0.2, -0.15) is 11.8 Å². The van der Waals surface area contributed by atoms with Crippen molar-refractivity contribution in [3.8, 4) is 0 Å². The summed E-state index contributed by atoms with van der Waals surface area (Å²) in [7, 11) is 0. The standard InChI is InChI=1S/C27H41N5O5S/c1-6-16(4)23(26(35)30-21(27(36)37)11-12-38-5)32-25(34)22(15(2)3)31-24(33)19(28)13-17-14-29-20-10-8-7-9-18(17)20/h7-10,14-16,19,21-23,29H,6,11-13,28H2,1-5H3,(H,30,35)(H,31,33)(H,32,34)(H,36,37). The maximum Gasteiger partial charge on any atom is 0.326 e. The Labute approximate surface area is 228 Å². The van der Waals surface area contributed by atoms with E-state index in [1.807, 2.05) is 50.6 Å². The summed E-state index contributed by atoms with van der Waals surface area (Å²) in [5.41, 5.74) is 8.06. The smallest absolute Gasteiger partial charge is 0.326 e. The number of carbonyl (C=O) groups excluding carboxylic acids is 3. The highest BCUT2D eigenvalue weighted by Crippen LogP contribution is 2.19. The van der Waals surface area contributed by atoms with Crippen LogP contribution in [0.4, 0.5) is 0 Å². The van der Waals surface area contributed by atoms with E-state index in [9.17, 15) is 24.3 Å². The van der Waals surface area contributed by atoms with Gasteiger partial charge in [-0.1, -0.05) is 52.3 Å². The molecule has 38 heavy (non-hydrogen) atoms. The Morgan fingerprint density at radius 2 is 1.63 bits per heavy atom. The third-order valence-corrected chi connectivity index (χ3v) is 7.36. The van der Waals surface area contributed by atoms with Crippen LogP contribution in [0, 0.1) is 11.8 Å². The number of nitrogens with two attached hydrogens (primary N) is 1. The normalized spacial score (nSPS) is 15.3. The Balaban J connectivity index is 2.10. The maximum absolute atomic E-state index is 13.3. The molecule has 1 aromatic carbocycles. The molecule has 0 aliphatic carbocycles. The minimum absolute atomic E-state index is 0.262. The number of hydrogen-bond donors (Lipinski definition) is 6. The molecule has 1 heterocycles. The summed E-state index contributed by atoms with van der Waals surface area (Å²) in [5.74, 6) is -2.67. The molecule has 0 saturated heterocycles. The summed E-state index contributed by atoms with van der Waals surface area (Å²) in [4.78, 5) is 54.1. The maximum atomic E-state index is 13.3. The van der Waals surface area contributed by atoms with Crippen molar-refractivity contribution in [1.29, 1.82) is 0 Å². The summed E-state index contributed by atoms with van der Waals surface area (Å²) >= 11 is 1.48. The largest absolute Gasteiger partial charge is 0.480 e. The lowest BCUT2D eigenvalue weighted by Gasteiger charge is -2.29. The first-order valence-electron chi connectivity index (χ1n) is 12.9. The second-order valence-electron chi connectivity index (χ2n) is 9.95. The van der Waals surface area contributed by atoms with Crippen molar-refractivity contribution in [2.45, 2.75) is 71.1 Å². The molecule has 11 heteroatoms. The zero-order chi connectivity index (χ0) is 28.4. The Bertz CT molecular complexity index is 1100. The number of aromatic nitrogens is 1.